The Balaban J connectivity index is 1.73. The smallest absolute Gasteiger partial charge is 0.230 e. The van der Waals surface area contributed by atoms with Crippen molar-refractivity contribution in [3.05, 3.63) is 35.9 Å². The summed E-state index contributed by atoms with van der Waals surface area (Å²) in [5.74, 6) is 1.57. The number of nitrogens with one attached hydrogen (secondary N) is 2. The molecular weight excluding hydrogens is 389 g/mol. The van der Waals surface area contributed by atoms with Crippen LogP contribution in [0.3, 0.4) is 0 Å². The number of amides is 1. The van der Waals surface area contributed by atoms with Gasteiger partial charge in [-0.15, -0.1) is 10.2 Å². The van der Waals surface area contributed by atoms with Crippen LogP contribution in [0.15, 0.2) is 29.4 Å². The van der Waals surface area contributed by atoms with E-state index in [4.69, 9.17) is 0 Å². The first kappa shape index (κ1) is 21.8. The molecule has 158 valence electrons. The van der Waals surface area contributed by atoms with Crippen LogP contribution >= 0.6 is 11.8 Å². The molecule has 0 saturated heterocycles. The molecule has 1 aromatic carbocycles. The molecular formula is C21H31FN5OS+. The number of hydrogen-bond acceptors (Lipinski definition) is 4. The predicted octanol–water partition coefficient (Wildman–Crippen LogP) is 2.40. The van der Waals surface area contributed by atoms with Gasteiger partial charge in [0.2, 0.25) is 5.91 Å². The number of rotatable bonds is 7. The van der Waals surface area contributed by atoms with Crippen LogP contribution in [0.5, 0.6) is 0 Å². The summed E-state index contributed by atoms with van der Waals surface area (Å²) in [4.78, 5) is 13.7. The summed E-state index contributed by atoms with van der Waals surface area (Å²) in [5.41, 5.74) is 0.795. The highest BCUT2D eigenvalue weighted by Gasteiger charge is 2.24. The van der Waals surface area contributed by atoms with Crippen molar-refractivity contribution in [2.75, 3.05) is 19.8 Å². The van der Waals surface area contributed by atoms with E-state index in [0.717, 1.165) is 30.3 Å². The zero-order chi connectivity index (χ0) is 21.0. The minimum Gasteiger partial charge on any atom is -0.353 e. The van der Waals surface area contributed by atoms with E-state index in [0.29, 0.717) is 5.16 Å². The largest absolute Gasteiger partial charge is 0.353 e. The average molecular weight is 421 g/mol. The Morgan fingerprint density at radius 1 is 1.24 bits per heavy atom. The number of hydrogen-bond donors (Lipinski definition) is 2. The molecule has 0 unspecified atom stereocenters. The minimum absolute atomic E-state index is 0.0241. The molecule has 1 amide bonds. The van der Waals surface area contributed by atoms with Gasteiger partial charge in [0.05, 0.1) is 19.8 Å². The molecule has 0 bridgehead atoms. The molecule has 6 nitrogen and oxygen atoms in total. The SMILES string of the molecule is CC1CCC(NC(=O)CSc2nnc([C@@H](C)[NH+](C)C)n2-c2ccc(F)cc2)CC1. The van der Waals surface area contributed by atoms with E-state index in [2.05, 4.69) is 43.5 Å². The van der Waals surface area contributed by atoms with Crippen LogP contribution in [0.1, 0.15) is 51.4 Å². The average Bonchev–Trinajstić information content (AvgIpc) is 3.12. The number of benzene rings is 1. The lowest BCUT2D eigenvalue weighted by Crippen LogP contribution is -3.05. The standard InChI is InChI=1S/C21H30FN5OS/c1-14-5-9-17(10-6-14)23-19(28)13-29-21-25-24-20(15(2)26(3)4)27(21)18-11-7-16(22)8-12-18/h7-8,11-12,14-15,17H,5-6,9-10,13H2,1-4H3,(H,23,28)/p+1/t14?,15-,17?/m1/s1. The fourth-order valence-corrected chi connectivity index (χ4v) is 4.32. The highest BCUT2D eigenvalue weighted by Crippen LogP contribution is 2.26. The first-order chi connectivity index (χ1) is 13.8. The Morgan fingerprint density at radius 3 is 2.52 bits per heavy atom. The highest BCUT2D eigenvalue weighted by atomic mass is 32.2. The van der Waals surface area contributed by atoms with E-state index < -0.39 is 0 Å². The molecule has 29 heavy (non-hydrogen) atoms. The summed E-state index contributed by atoms with van der Waals surface area (Å²) < 4.78 is 15.3. The van der Waals surface area contributed by atoms with E-state index in [1.807, 2.05) is 4.57 Å². The zero-order valence-electron chi connectivity index (χ0n) is 17.6. The van der Waals surface area contributed by atoms with E-state index in [-0.39, 0.29) is 29.6 Å². The molecule has 1 atom stereocenters. The molecule has 2 aromatic rings. The van der Waals surface area contributed by atoms with E-state index in [1.165, 1.54) is 41.6 Å². The summed E-state index contributed by atoms with van der Waals surface area (Å²) in [7, 11) is 4.11. The summed E-state index contributed by atoms with van der Waals surface area (Å²) in [6, 6.07) is 6.66. The fraction of sp³-hybridized carbons (Fsp3) is 0.571. The van der Waals surface area contributed by atoms with Crippen LogP contribution in [0.25, 0.3) is 5.69 Å². The van der Waals surface area contributed by atoms with E-state index in [9.17, 15) is 9.18 Å². The molecule has 1 aliphatic rings. The van der Waals surface area contributed by atoms with Gasteiger partial charge in [-0.1, -0.05) is 18.7 Å². The van der Waals surface area contributed by atoms with Crippen LogP contribution in [0.2, 0.25) is 0 Å². The van der Waals surface area contributed by atoms with Gasteiger partial charge in [-0.05, 0) is 62.8 Å². The Bertz CT molecular complexity index is 815. The van der Waals surface area contributed by atoms with Crippen molar-refractivity contribution in [1.29, 1.82) is 0 Å². The number of thioether (sulfide) groups is 1. The van der Waals surface area contributed by atoms with Crippen LogP contribution in [-0.4, -0.2) is 46.6 Å². The molecule has 8 heteroatoms. The quantitative estimate of drug-likeness (QED) is 0.675. The Hall–Kier alpha value is -1.93. The van der Waals surface area contributed by atoms with Gasteiger partial charge in [-0.2, -0.15) is 0 Å². The maximum atomic E-state index is 13.4. The number of carbonyl (C=O) groups excluding carboxylic acids is 1. The number of quaternary nitrogens is 1. The predicted molar refractivity (Wildman–Crippen MR) is 113 cm³/mol. The molecule has 1 aliphatic carbocycles. The molecule has 1 saturated carbocycles. The third-order valence-electron chi connectivity index (χ3n) is 5.71. The maximum Gasteiger partial charge on any atom is 0.230 e. The second-order valence-electron chi connectivity index (χ2n) is 8.26. The molecule has 0 radical (unpaired) electrons. The Morgan fingerprint density at radius 2 is 1.90 bits per heavy atom. The maximum absolute atomic E-state index is 13.4. The van der Waals surface area contributed by atoms with Crippen molar-refractivity contribution in [2.45, 2.75) is 56.8 Å². The Labute approximate surface area is 176 Å². The summed E-state index contributed by atoms with van der Waals surface area (Å²) in [6.07, 6.45) is 4.45. The summed E-state index contributed by atoms with van der Waals surface area (Å²) >= 11 is 1.37. The normalized spacial score (nSPS) is 20.6. The van der Waals surface area contributed by atoms with Gasteiger partial charge in [-0.3, -0.25) is 9.36 Å². The van der Waals surface area contributed by atoms with E-state index >= 15 is 0 Å². The van der Waals surface area contributed by atoms with Crippen molar-refractivity contribution in [2.24, 2.45) is 5.92 Å². The zero-order valence-corrected chi connectivity index (χ0v) is 18.4. The second kappa shape index (κ2) is 9.71. The molecule has 3 rings (SSSR count). The summed E-state index contributed by atoms with van der Waals surface area (Å²) in [5, 5.41) is 12.5. The van der Waals surface area contributed by atoms with Gasteiger partial charge < -0.3 is 10.2 Å². The number of halogens is 1. The lowest BCUT2D eigenvalue weighted by Gasteiger charge is -2.26. The fourth-order valence-electron chi connectivity index (χ4n) is 3.55. The van der Waals surface area contributed by atoms with E-state index in [1.54, 1.807) is 12.1 Å². The molecule has 2 N–H and O–H groups in total. The summed E-state index contributed by atoms with van der Waals surface area (Å²) in [6.45, 7) is 4.34. The van der Waals surface area contributed by atoms with Gasteiger partial charge in [0.15, 0.2) is 11.0 Å². The number of carbonyl (C=O) groups is 1. The molecule has 1 aromatic heterocycles. The van der Waals surface area contributed by atoms with Crippen molar-refractivity contribution >= 4 is 17.7 Å². The lowest BCUT2D eigenvalue weighted by atomic mass is 9.87. The van der Waals surface area contributed by atoms with Gasteiger partial charge in [0.1, 0.15) is 11.9 Å². The van der Waals surface area contributed by atoms with Gasteiger partial charge in [0, 0.05) is 11.7 Å². The highest BCUT2D eigenvalue weighted by molar-refractivity contribution is 7.99. The van der Waals surface area contributed by atoms with Crippen LogP contribution in [0.4, 0.5) is 4.39 Å². The molecule has 0 aliphatic heterocycles. The third kappa shape index (κ3) is 5.57. The number of nitrogens with zero attached hydrogens (tertiary/aromatic N) is 3. The van der Waals surface area contributed by atoms with Crippen LogP contribution in [-0.2, 0) is 4.79 Å². The van der Waals surface area contributed by atoms with Gasteiger partial charge in [-0.25, -0.2) is 4.39 Å². The minimum atomic E-state index is -0.287. The van der Waals surface area contributed by atoms with Crippen LogP contribution < -0.4 is 10.2 Å². The third-order valence-corrected chi connectivity index (χ3v) is 6.64. The monoisotopic (exact) mass is 420 g/mol. The van der Waals surface area contributed by atoms with Crippen molar-refractivity contribution < 1.29 is 14.1 Å². The molecule has 1 fully saturated rings. The first-order valence-corrected chi connectivity index (χ1v) is 11.3. The van der Waals surface area contributed by atoms with Gasteiger partial charge >= 0.3 is 0 Å². The van der Waals surface area contributed by atoms with Crippen molar-refractivity contribution in [3.63, 3.8) is 0 Å². The van der Waals surface area contributed by atoms with Crippen molar-refractivity contribution in [3.8, 4) is 5.69 Å². The Kier molecular flexibility index (Phi) is 7.29. The molecule has 0 spiro atoms. The van der Waals surface area contributed by atoms with Crippen molar-refractivity contribution in [1.82, 2.24) is 20.1 Å². The molecule has 1 heterocycles. The topological polar surface area (TPSA) is 64.2 Å². The number of aromatic nitrogens is 3. The lowest BCUT2D eigenvalue weighted by molar-refractivity contribution is -0.890. The van der Waals surface area contributed by atoms with Gasteiger partial charge in [0.25, 0.3) is 0 Å². The first-order valence-electron chi connectivity index (χ1n) is 10.3. The van der Waals surface area contributed by atoms with Crippen LogP contribution in [0, 0.1) is 11.7 Å². The second-order valence-corrected chi connectivity index (χ2v) is 9.21.